The highest BCUT2D eigenvalue weighted by atomic mass is 79.9. The first-order valence-corrected chi connectivity index (χ1v) is 10.0. The number of rotatable bonds is 8. The summed E-state index contributed by atoms with van der Waals surface area (Å²) in [7, 11) is 0. The summed E-state index contributed by atoms with van der Waals surface area (Å²) in [5.74, 6) is 1.26. The van der Waals surface area contributed by atoms with Crippen LogP contribution in [-0.4, -0.2) is 23.6 Å². The third kappa shape index (κ3) is 5.78. The molecule has 0 amide bonds. The van der Waals surface area contributed by atoms with E-state index in [9.17, 15) is 0 Å². The van der Waals surface area contributed by atoms with Crippen molar-refractivity contribution in [1.29, 1.82) is 0 Å². The average Bonchev–Trinajstić information content (AvgIpc) is 3.04. The molecule has 0 aromatic carbocycles. The van der Waals surface area contributed by atoms with Crippen LogP contribution in [-0.2, 0) is 6.42 Å². The maximum absolute atomic E-state index is 3.72. The van der Waals surface area contributed by atoms with E-state index in [0.29, 0.717) is 6.04 Å². The van der Waals surface area contributed by atoms with E-state index in [0.717, 1.165) is 11.8 Å². The first-order valence-electron chi connectivity index (χ1n) is 7.37. The standard InChI is InChI=1S/C15H24BrNS2/c1-2-9-17-12(10-14-7-8-15(16)19-14)11-18-13-5-3-4-6-13/h7-8,12-13,17H,2-6,9-11H2,1H3. The Balaban J connectivity index is 1.79. The Morgan fingerprint density at radius 3 is 2.84 bits per heavy atom. The minimum absolute atomic E-state index is 0.635. The lowest BCUT2D eigenvalue weighted by atomic mass is 10.2. The van der Waals surface area contributed by atoms with E-state index in [1.165, 1.54) is 52.9 Å². The van der Waals surface area contributed by atoms with Crippen LogP contribution in [0.4, 0.5) is 0 Å². The van der Waals surface area contributed by atoms with E-state index in [1.54, 1.807) is 0 Å². The van der Waals surface area contributed by atoms with Crippen LogP contribution in [0.15, 0.2) is 15.9 Å². The van der Waals surface area contributed by atoms with Crippen LogP contribution in [0.2, 0.25) is 0 Å². The molecule has 0 saturated heterocycles. The van der Waals surface area contributed by atoms with Gasteiger partial charge in [-0.05, 0) is 60.3 Å². The van der Waals surface area contributed by atoms with Crippen molar-refractivity contribution in [1.82, 2.24) is 5.32 Å². The molecule has 1 saturated carbocycles. The number of thioether (sulfide) groups is 1. The Labute approximate surface area is 134 Å². The predicted octanol–water partition coefficient (Wildman–Crippen LogP) is 5.10. The molecule has 1 aromatic heterocycles. The molecule has 1 nitrogen and oxygen atoms in total. The second kappa shape index (κ2) is 8.71. The molecule has 0 spiro atoms. The quantitative estimate of drug-likeness (QED) is 0.691. The lowest BCUT2D eigenvalue weighted by molar-refractivity contribution is 0.552. The third-order valence-electron chi connectivity index (χ3n) is 3.59. The van der Waals surface area contributed by atoms with Gasteiger partial charge in [-0.25, -0.2) is 0 Å². The lowest BCUT2D eigenvalue weighted by Crippen LogP contribution is -2.34. The van der Waals surface area contributed by atoms with Crippen LogP contribution < -0.4 is 5.32 Å². The largest absolute Gasteiger partial charge is 0.313 e. The molecule has 1 N–H and O–H groups in total. The summed E-state index contributed by atoms with van der Waals surface area (Å²) in [6, 6.07) is 5.06. The summed E-state index contributed by atoms with van der Waals surface area (Å²) in [5.41, 5.74) is 0. The van der Waals surface area contributed by atoms with Crippen molar-refractivity contribution in [3.05, 3.63) is 20.8 Å². The fourth-order valence-corrected chi connectivity index (χ4v) is 5.52. The predicted molar refractivity (Wildman–Crippen MR) is 92.5 cm³/mol. The van der Waals surface area contributed by atoms with E-state index in [4.69, 9.17) is 0 Å². The van der Waals surface area contributed by atoms with Gasteiger partial charge in [0, 0.05) is 21.9 Å². The van der Waals surface area contributed by atoms with Crippen LogP contribution in [0.1, 0.15) is 43.9 Å². The van der Waals surface area contributed by atoms with Gasteiger partial charge in [0.15, 0.2) is 0 Å². The Morgan fingerprint density at radius 2 is 2.21 bits per heavy atom. The van der Waals surface area contributed by atoms with Gasteiger partial charge in [-0.3, -0.25) is 0 Å². The van der Waals surface area contributed by atoms with E-state index >= 15 is 0 Å². The molecule has 1 aliphatic carbocycles. The molecule has 1 aromatic rings. The molecule has 0 radical (unpaired) electrons. The molecule has 0 bridgehead atoms. The molecule has 0 aliphatic heterocycles. The fraction of sp³-hybridized carbons (Fsp3) is 0.733. The Hall–Kier alpha value is 0.490. The van der Waals surface area contributed by atoms with Gasteiger partial charge in [-0.15, -0.1) is 11.3 Å². The Morgan fingerprint density at radius 1 is 1.42 bits per heavy atom. The van der Waals surface area contributed by atoms with Crippen molar-refractivity contribution < 1.29 is 0 Å². The van der Waals surface area contributed by atoms with Gasteiger partial charge in [-0.2, -0.15) is 11.8 Å². The highest BCUT2D eigenvalue weighted by Gasteiger charge is 2.18. The molecule has 1 fully saturated rings. The summed E-state index contributed by atoms with van der Waals surface area (Å²) in [5, 5.41) is 4.65. The SMILES string of the molecule is CCCNC(CSC1CCCC1)Cc1ccc(Br)s1. The smallest absolute Gasteiger partial charge is 0.0701 e. The zero-order valence-electron chi connectivity index (χ0n) is 11.7. The zero-order valence-corrected chi connectivity index (χ0v) is 14.9. The maximum atomic E-state index is 3.72. The first-order chi connectivity index (χ1) is 9.28. The summed E-state index contributed by atoms with van der Waals surface area (Å²) in [6.45, 7) is 3.39. The number of halogens is 1. The van der Waals surface area contributed by atoms with E-state index in [-0.39, 0.29) is 0 Å². The second-order valence-corrected chi connectivity index (χ2v) is 9.18. The molecule has 1 atom stereocenters. The fourth-order valence-electron chi connectivity index (χ4n) is 2.55. The molecule has 1 heterocycles. The topological polar surface area (TPSA) is 12.0 Å². The molecular weight excluding hydrogens is 338 g/mol. The molecule has 1 aliphatic rings. The van der Waals surface area contributed by atoms with Crippen LogP contribution >= 0.6 is 39.0 Å². The average molecular weight is 362 g/mol. The van der Waals surface area contributed by atoms with E-state index in [2.05, 4.69) is 52.1 Å². The number of thiophene rings is 1. The Bertz CT molecular complexity index is 361. The van der Waals surface area contributed by atoms with Gasteiger partial charge >= 0.3 is 0 Å². The first kappa shape index (κ1) is 15.9. The van der Waals surface area contributed by atoms with Crippen molar-refractivity contribution >= 4 is 39.0 Å². The molecule has 108 valence electrons. The number of hydrogen-bond donors (Lipinski definition) is 1. The molecule has 4 heteroatoms. The van der Waals surface area contributed by atoms with Crippen LogP contribution in [0.25, 0.3) is 0 Å². The van der Waals surface area contributed by atoms with Crippen molar-refractivity contribution in [2.75, 3.05) is 12.3 Å². The zero-order chi connectivity index (χ0) is 13.5. The van der Waals surface area contributed by atoms with Crippen LogP contribution in [0.3, 0.4) is 0 Å². The normalized spacial score (nSPS) is 18.0. The Kier molecular flexibility index (Phi) is 7.27. The lowest BCUT2D eigenvalue weighted by Gasteiger charge is -2.19. The van der Waals surface area contributed by atoms with Gasteiger partial charge in [0.2, 0.25) is 0 Å². The van der Waals surface area contributed by atoms with E-state index < -0.39 is 0 Å². The summed E-state index contributed by atoms with van der Waals surface area (Å²) in [4.78, 5) is 1.49. The minimum atomic E-state index is 0.635. The maximum Gasteiger partial charge on any atom is 0.0701 e. The molecule has 2 rings (SSSR count). The van der Waals surface area contributed by atoms with Crippen molar-refractivity contribution in [2.45, 2.75) is 56.7 Å². The molecule has 1 unspecified atom stereocenters. The highest BCUT2D eigenvalue weighted by molar-refractivity contribution is 9.11. The second-order valence-electron chi connectivity index (χ2n) is 5.30. The van der Waals surface area contributed by atoms with Gasteiger partial charge in [-0.1, -0.05) is 19.8 Å². The van der Waals surface area contributed by atoms with Gasteiger partial charge in [0.1, 0.15) is 0 Å². The molecular formula is C15H24BrNS2. The highest BCUT2D eigenvalue weighted by Crippen LogP contribution is 2.30. The number of nitrogens with one attached hydrogen (secondary N) is 1. The van der Waals surface area contributed by atoms with Crippen LogP contribution in [0, 0.1) is 0 Å². The third-order valence-corrected chi connectivity index (χ3v) is 6.78. The summed E-state index contributed by atoms with van der Waals surface area (Å²) >= 11 is 7.63. The monoisotopic (exact) mass is 361 g/mol. The van der Waals surface area contributed by atoms with Crippen LogP contribution in [0.5, 0.6) is 0 Å². The van der Waals surface area contributed by atoms with Gasteiger partial charge in [0.05, 0.1) is 3.79 Å². The van der Waals surface area contributed by atoms with Crippen molar-refractivity contribution in [3.8, 4) is 0 Å². The van der Waals surface area contributed by atoms with Crippen molar-refractivity contribution in [2.24, 2.45) is 0 Å². The molecule has 19 heavy (non-hydrogen) atoms. The van der Waals surface area contributed by atoms with Gasteiger partial charge in [0.25, 0.3) is 0 Å². The minimum Gasteiger partial charge on any atom is -0.313 e. The summed E-state index contributed by atoms with van der Waals surface area (Å²) < 4.78 is 1.25. The van der Waals surface area contributed by atoms with E-state index in [1.807, 2.05) is 11.3 Å². The summed E-state index contributed by atoms with van der Waals surface area (Å²) in [6.07, 6.45) is 8.17. The number of hydrogen-bond acceptors (Lipinski definition) is 3. The van der Waals surface area contributed by atoms with Gasteiger partial charge < -0.3 is 5.32 Å². The van der Waals surface area contributed by atoms with Crippen molar-refractivity contribution in [3.63, 3.8) is 0 Å².